The number of thioether (sulfide) groups is 1. The molecule has 0 aliphatic rings. The molecule has 0 aliphatic heterocycles. The Kier molecular flexibility index (Phi) is 11.6. The molecule has 5 nitrogen and oxygen atoms in total. The first-order valence-corrected chi connectivity index (χ1v) is 8.82. The quantitative estimate of drug-likeness (QED) is 0.586. The van der Waals surface area contributed by atoms with E-state index < -0.39 is 6.04 Å². The first-order chi connectivity index (χ1) is 10.6. The zero-order valence-corrected chi connectivity index (χ0v) is 15.3. The molecule has 130 valence electrons. The third-order valence-electron chi connectivity index (χ3n) is 3.19. The standard InChI is InChI=1S/C16H25N3O2S.ClH/c1-12-5-3-6-13(11-12)15(20)19-14(7-10-22-2)16(21)18-9-4-8-17;/h3,5-6,11,14H,4,7-10,17H2,1-2H3,(H,18,21)(H,19,20);1H. The predicted octanol–water partition coefficient (Wildman–Crippen LogP) is 1.73. The minimum atomic E-state index is -0.516. The van der Waals surface area contributed by atoms with Gasteiger partial charge < -0.3 is 16.4 Å². The largest absolute Gasteiger partial charge is 0.354 e. The van der Waals surface area contributed by atoms with Crippen molar-refractivity contribution in [3.05, 3.63) is 35.4 Å². The first kappa shape index (κ1) is 21.8. The fourth-order valence-corrected chi connectivity index (χ4v) is 2.44. The van der Waals surface area contributed by atoms with Crippen molar-refractivity contribution in [2.45, 2.75) is 25.8 Å². The Bertz CT molecular complexity index is 500. The number of hydrogen-bond donors (Lipinski definition) is 3. The van der Waals surface area contributed by atoms with Crippen LogP contribution in [0.25, 0.3) is 0 Å². The number of benzene rings is 1. The van der Waals surface area contributed by atoms with Crippen molar-refractivity contribution in [3.8, 4) is 0 Å². The van der Waals surface area contributed by atoms with E-state index in [1.807, 2.05) is 31.4 Å². The highest BCUT2D eigenvalue weighted by molar-refractivity contribution is 7.98. The Balaban J connectivity index is 0.00000484. The van der Waals surface area contributed by atoms with Gasteiger partial charge in [-0.15, -0.1) is 12.4 Å². The van der Waals surface area contributed by atoms with Gasteiger partial charge in [0, 0.05) is 12.1 Å². The lowest BCUT2D eigenvalue weighted by atomic mass is 10.1. The van der Waals surface area contributed by atoms with E-state index in [2.05, 4.69) is 10.6 Å². The fraction of sp³-hybridized carbons (Fsp3) is 0.500. The Morgan fingerprint density at radius 1 is 1.35 bits per heavy atom. The van der Waals surface area contributed by atoms with Crippen LogP contribution in [0.4, 0.5) is 0 Å². The molecule has 0 aliphatic carbocycles. The molecule has 4 N–H and O–H groups in total. The number of halogens is 1. The summed E-state index contributed by atoms with van der Waals surface area (Å²) >= 11 is 1.65. The second-order valence-corrected chi connectivity index (χ2v) is 6.10. The van der Waals surface area contributed by atoms with Gasteiger partial charge in [0.05, 0.1) is 0 Å². The molecule has 0 saturated carbocycles. The molecule has 0 fully saturated rings. The number of carbonyl (C=O) groups excluding carboxylic acids is 2. The molecule has 0 bridgehead atoms. The molecule has 1 rings (SSSR count). The molecule has 1 aromatic carbocycles. The van der Waals surface area contributed by atoms with Gasteiger partial charge in [-0.3, -0.25) is 9.59 Å². The third kappa shape index (κ3) is 8.25. The number of hydrogen-bond acceptors (Lipinski definition) is 4. The number of carbonyl (C=O) groups is 2. The summed E-state index contributed by atoms with van der Waals surface area (Å²) in [5.74, 6) is 0.440. The lowest BCUT2D eigenvalue weighted by molar-refractivity contribution is -0.123. The van der Waals surface area contributed by atoms with E-state index in [1.54, 1.807) is 17.8 Å². The Labute approximate surface area is 148 Å². The van der Waals surface area contributed by atoms with Gasteiger partial charge in [-0.2, -0.15) is 11.8 Å². The predicted molar refractivity (Wildman–Crippen MR) is 99.4 cm³/mol. The molecule has 0 radical (unpaired) electrons. The van der Waals surface area contributed by atoms with E-state index in [1.165, 1.54) is 0 Å². The monoisotopic (exact) mass is 359 g/mol. The van der Waals surface area contributed by atoms with Gasteiger partial charge in [0.25, 0.3) is 5.91 Å². The highest BCUT2D eigenvalue weighted by atomic mass is 35.5. The minimum Gasteiger partial charge on any atom is -0.354 e. The summed E-state index contributed by atoms with van der Waals surface area (Å²) in [6.07, 6.45) is 3.31. The molecule has 1 unspecified atom stereocenters. The van der Waals surface area contributed by atoms with Crippen LogP contribution in [0.1, 0.15) is 28.8 Å². The summed E-state index contributed by atoms with van der Waals surface area (Å²) < 4.78 is 0. The van der Waals surface area contributed by atoms with Crippen LogP contribution in [0.15, 0.2) is 24.3 Å². The summed E-state index contributed by atoms with van der Waals surface area (Å²) in [5, 5.41) is 5.64. The number of aryl methyl sites for hydroxylation is 1. The van der Waals surface area contributed by atoms with E-state index >= 15 is 0 Å². The van der Waals surface area contributed by atoms with Crippen LogP contribution in [-0.2, 0) is 4.79 Å². The maximum absolute atomic E-state index is 12.3. The number of rotatable bonds is 9. The average Bonchev–Trinajstić information content (AvgIpc) is 2.51. The van der Waals surface area contributed by atoms with Crippen molar-refractivity contribution in [2.24, 2.45) is 5.73 Å². The summed E-state index contributed by atoms with van der Waals surface area (Å²) in [5.41, 5.74) is 7.01. The van der Waals surface area contributed by atoms with Crippen molar-refractivity contribution in [2.75, 3.05) is 25.1 Å². The molecule has 2 amide bonds. The van der Waals surface area contributed by atoms with E-state index in [0.717, 1.165) is 17.7 Å². The lowest BCUT2D eigenvalue weighted by Gasteiger charge is -2.18. The maximum Gasteiger partial charge on any atom is 0.251 e. The van der Waals surface area contributed by atoms with Crippen LogP contribution in [0.2, 0.25) is 0 Å². The summed E-state index contributed by atoms with van der Waals surface area (Å²) in [6.45, 7) is 3.00. The Morgan fingerprint density at radius 2 is 2.09 bits per heavy atom. The zero-order chi connectivity index (χ0) is 16.4. The molecule has 0 aromatic heterocycles. The Hall–Kier alpha value is -1.24. The normalized spacial score (nSPS) is 11.3. The first-order valence-electron chi connectivity index (χ1n) is 7.42. The Morgan fingerprint density at radius 3 is 2.70 bits per heavy atom. The molecule has 1 aromatic rings. The summed E-state index contributed by atoms with van der Waals surface area (Å²) in [4.78, 5) is 24.5. The van der Waals surface area contributed by atoms with Crippen LogP contribution >= 0.6 is 24.2 Å². The number of nitrogens with two attached hydrogens (primary N) is 1. The average molecular weight is 360 g/mol. The second-order valence-electron chi connectivity index (χ2n) is 5.11. The fourth-order valence-electron chi connectivity index (χ4n) is 1.97. The molecule has 0 heterocycles. The van der Waals surface area contributed by atoms with Crippen molar-refractivity contribution in [1.29, 1.82) is 0 Å². The van der Waals surface area contributed by atoms with Gasteiger partial charge in [-0.05, 0) is 50.5 Å². The van der Waals surface area contributed by atoms with Crippen molar-refractivity contribution in [1.82, 2.24) is 10.6 Å². The summed E-state index contributed by atoms with van der Waals surface area (Å²) in [6, 6.07) is 6.82. The zero-order valence-electron chi connectivity index (χ0n) is 13.6. The maximum atomic E-state index is 12.3. The van der Waals surface area contributed by atoms with Gasteiger partial charge in [-0.25, -0.2) is 0 Å². The van der Waals surface area contributed by atoms with Crippen LogP contribution in [-0.4, -0.2) is 43.0 Å². The van der Waals surface area contributed by atoms with Gasteiger partial charge in [0.15, 0.2) is 0 Å². The van der Waals surface area contributed by atoms with Crippen molar-refractivity contribution in [3.63, 3.8) is 0 Å². The summed E-state index contributed by atoms with van der Waals surface area (Å²) in [7, 11) is 0. The van der Waals surface area contributed by atoms with Crippen LogP contribution in [0.3, 0.4) is 0 Å². The van der Waals surface area contributed by atoms with Gasteiger partial charge in [0.2, 0.25) is 5.91 Å². The van der Waals surface area contributed by atoms with E-state index in [9.17, 15) is 9.59 Å². The molecular weight excluding hydrogens is 334 g/mol. The van der Waals surface area contributed by atoms with E-state index in [0.29, 0.717) is 25.1 Å². The highest BCUT2D eigenvalue weighted by Gasteiger charge is 2.20. The van der Waals surface area contributed by atoms with Crippen LogP contribution < -0.4 is 16.4 Å². The number of nitrogens with one attached hydrogen (secondary N) is 2. The van der Waals surface area contributed by atoms with Gasteiger partial charge in [-0.1, -0.05) is 17.7 Å². The van der Waals surface area contributed by atoms with Gasteiger partial charge in [0.1, 0.15) is 6.04 Å². The molecule has 0 saturated heterocycles. The molecule has 0 spiro atoms. The molecular formula is C16H26ClN3O2S. The van der Waals surface area contributed by atoms with Crippen molar-refractivity contribution >= 4 is 36.0 Å². The van der Waals surface area contributed by atoms with Crippen LogP contribution in [0, 0.1) is 6.92 Å². The smallest absolute Gasteiger partial charge is 0.251 e. The van der Waals surface area contributed by atoms with E-state index in [-0.39, 0.29) is 24.2 Å². The van der Waals surface area contributed by atoms with Crippen molar-refractivity contribution < 1.29 is 9.59 Å². The topological polar surface area (TPSA) is 84.2 Å². The molecule has 7 heteroatoms. The number of amides is 2. The molecule has 23 heavy (non-hydrogen) atoms. The minimum absolute atomic E-state index is 0. The highest BCUT2D eigenvalue weighted by Crippen LogP contribution is 2.06. The van der Waals surface area contributed by atoms with Crippen LogP contribution in [0.5, 0.6) is 0 Å². The SMILES string of the molecule is CSCCC(NC(=O)c1cccc(C)c1)C(=O)NCCCN.Cl. The van der Waals surface area contributed by atoms with Gasteiger partial charge >= 0.3 is 0 Å². The lowest BCUT2D eigenvalue weighted by Crippen LogP contribution is -2.47. The van der Waals surface area contributed by atoms with E-state index in [4.69, 9.17) is 5.73 Å². The second kappa shape index (κ2) is 12.2. The third-order valence-corrected chi connectivity index (χ3v) is 3.84. The molecule has 1 atom stereocenters.